The van der Waals surface area contributed by atoms with Gasteiger partial charge < -0.3 is 36.3 Å². The summed E-state index contributed by atoms with van der Waals surface area (Å²) in [6, 6.07) is 5.23. The summed E-state index contributed by atoms with van der Waals surface area (Å²) in [5.41, 5.74) is 5.25. The number of esters is 1. The van der Waals surface area contributed by atoms with Gasteiger partial charge in [0.25, 0.3) is 0 Å². The van der Waals surface area contributed by atoms with Gasteiger partial charge >= 0.3 is 18.0 Å². The lowest BCUT2D eigenvalue weighted by molar-refractivity contribution is -0.156. The van der Waals surface area contributed by atoms with Gasteiger partial charge in [-0.1, -0.05) is 30.3 Å². The van der Waals surface area contributed by atoms with Crippen LogP contribution in [-0.2, 0) is 35.1 Å². The maximum atomic E-state index is 13.1. The zero-order valence-corrected chi connectivity index (χ0v) is 24.2. The molecule has 0 saturated carbocycles. The maximum absolute atomic E-state index is 13.1. The molecule has 0 unspecified atom stereocenters. The van der Waals surface area contributed by atoms with Crippen molar-refractivity contribution in [3.8, 4) is 0 Å². The van der Waals surface area contributed by atoms with Crippen LogP contribution in [0.25, 0.3) is 0 Å². The van der Waals surface area contributed by atoms with Crippen molar-refractivity contribution in [1.29, 1.82) is 0 Å². The first kappa shape index (κ1) is 34.4. The van der Waals surface area contributed by atoms with Crippen molar-refractivity contribution in [2.45, 2.75) is 103 Å². The second kappa shape index (κ2) is 15.8. The average molecular weight is 565 g/mol. The van der Waals surface area contributed by atoms with Crippen LogP contribution in [0.5, 0.6) is 0 Å². The number of carbonyl (C=O) groups is 5. The lowest BCUT2D eigenvalue weighted by Crippen LogP contribution is -2.55. The molecule has 1 rings (SSSR count). The number of rotatable bonds is 14. The van der Waals surface area contributed by atoms with Crippen molar-refractivity contribution in [3.63, 3.8) is 0 Å². The lowest BCUT2D eigenvalue weighted by atomic mass is 10.0. The van der Waals surface area contributed by atoms with Gasteiger partial charge in [-0.3, -0.25) is 14.4 Å². The van der Waals surface area contributed by atoms with Crippen LogP contribution in [0.15, 0.2) is 30.3 Å². The first-order valence-corrected chi connectivity index (χ1v) is 13.3. The molecule has 0 radical (unpaired) electrons. The number of hydrogen-bond donors (Lipinski definition) is 5. The number of carbonyl (C=O) groups excluding carboxylic acids is 4. The molecule has 40 heavy (non-hydrogen) atoms. The average Bonchev–Trinajstić information content (AvgIpc) is 2.80. The van der Waals surface area contributed by atoms with Crippen LogP contribution in [0.4, 0.5) is 4.79 Å². The minimum atomic E-state index is -1.27. The molecule has 0 bridgehead atoms. The number of benzene rings is 1. The van der Waals surface area contributed by atoms with E-state index in [9.17, 15) is 29.1 Å². The number of ether oxygens (including phenoxy) is 2. The number of unbranched alkanes of at least 4 members (excludes halogenated alkanes) is 1. The molecule has 1 aromatic rings. The standard InChI is InChI=1S/C28H44N4O8/c1-27(2,3)39-22(33)17-19(29)23(34)32-21(16-18-12-8-7-9-13-18)24(35)31-20(25(36)37)14-10-11-15-30-26(38)40-28(4,5)6/h7-9,12-13,19-21H,10-11,14-17,29H2,1-6H3,(H,30,38)(H,31,35)(H,32,34)(H,36,37)/t19-,20-,21-/m0/s1. The SMILES string of the molecule is CC(C)(C)OC(=O)C[C@H](N)C(=O)N[C@@H](Cc1ccccc1)C(=O)N[C@@H](CCCCNC(=O)OC(C)(C)C)C(=O)O. The summed E-state index contributed by atoms with van der Waals surface area (Å²) >= 11 is 0. The number of nitrogens with one attached hydrogen (secondary N) is 3. The van der Waals surface area contributed by atoms with Gasteiger partial charge in [0.05, 0.1) is 12.5 Å². The smallest absolute Gasteiger partial charge is 0.407 e. The van der Waals surface area contributed by atoms with E-state index in [0.29, 0.717) is 12.8 Å². The van der Waals surface area contributed by atoms with E-state index >= 15 is 0 Å². The summed E-state index contributed by atoms with van der Waals surface area (Å²) in [6.07, 6.45) is 0.0644. The molecule has 3 amide bonds. The van der Waals surface area contributed by atoms with E-state index < -0.39 is 65.6 Å². The van der Waals surface area contributed by atoms with Gasteiger partial charge in [-0.25, -0.2) is 9.59 Å². The monoisotopic (exact) mass is 564 g/mol. The number of hydrogen-bond acceptors (Lipinski definition) is 8. The maximum Gasteiger partial charge on any atom is 0.407 e. The molecule has 12 nitrogen and oxygen atoms in total. The summed E-state index contributed by atoms with van der Waals surface area (Å²) in [5.74, 6) is -3.35. The Morgan fingerprint density at radius 3 is 1.98 bits per heavy atom. The highest BCUT2D eigenvalue weighted by atomic mass is 16.6. The van der Waals surface area contributed by atoms with Gasteiger partial charge in [0.1, 0.15) is 23.3 Å². The molecule has 0 heterocycles. The van der Waals surface area contributed by atoms with Crippen LogP contribution < -0.4 is 21.7 Å². The fourth-order valence-corrected chi connectivity index (χ4v) is 3.50. The molecule has 0 fully saturated rings. The molecule has 1 aromatic carbocycles. The van der Waals surface area contributed by atoms with Crippen molar-refractivity contribution in [2.75, 3.05) is 6.54 Å². The van der Waals surface area contributed by atoms with Crippen LogP contribution in [0.1, 0.15) is 72.8 Å². The van der Waals surface area contributed by atoms with Crippen molar-refractivity contribution in [3.05, 3.63) is 35.9 Å². The Morgan fingerprint density at radius 2 is 1.43 bits per heavy atom. The van der Waals surface area contributed by atoms with Gasteiger partial charge in [0.2, 0.25) is 11.8 Å². The van der Waals surface area contributed by atoms with Crippen LogP contribution in [-0.4, -0.2) is 70.8 Å². The first-order chi connectivity index (χ1) is 18.5. The molecule has 0 spiro atoms. The summed E-state index contributed by atoms with van der Waals surface area (Å²) in [4.78, 5) is 61.6. The Hall–Kier alpha value is -3.67. The second-order valence-electron chi connectivity index (χ2n) is 11.5. The zero-order chi connectivity index (χ0) is 30.5. The molecule has 12 heteroatoms. The van der Waals surface area contributed by atoms with E-state index in [0.717, 1.165) is 5.56 Å². The van der Waals surface area contributed by atoms with Crippen LogP contribution in [0.3, 0.4) is 0 Å². The minimum Gasteiger partial charge on any atom is -0.480 e. The molecule has 0 aliphatic carbocycles. The molecule has 3 atom stereocenters. The number of alkyl carbamates (subject to hydrolysis) is 1. The first-order valence-electron chi connectivity index (χ1n) is 13.3. The van der Waals surface area contributed by atoms with Gasteiger partial charge in [0.15, 0.2) is 0 Å². The molecule has 0 aromatic heterocycles. The summed E-state index contributed by atoms with van der Waals surface area (Å²) < 4.78 is 10.4. The molecular formula is C28H44N4O8. The van der Waals surface area contributed by atoms with E-state index in [1.54, 1.807) is 71.9 Å². The number of aliphatic carboxylic acids is 1. The molecule has 0 aliphatic rings. The second-order valence-corrected chi connectivity index (χ2v) is 11.5. The molecular weight excluding hydrogens is 520 g/mol. The van der Waals surface area contributed by atoms with Gasteiger partial charge in [-0.15, -0.1) is 0 Å². The van der Waals surface area contributed by atoms with Crippen molar-refractivity contribution in [2.24, 2.45) is 5.73 Å². The Morgan fingerprint density at radius 1 is 0.850 bits per heavy atom. The van der Waals surface area contributed by atoms with Gasteiger partial charge in [0, 0.05) is 13.0 Å². The topological polar surface area (TPSA) is 186 Å². The van der Waals surface area contributed by atoms with Crippen molar-refractivity contribution < 1.29 is 38.6 Å². The van der Waals surface area contributed by atoms with Crippen LogP contribution >= 0.6 is 0 Å². The lowest BCUT2D eigenvalue weighted by Gasteiger charge is -2.24. The Labute approximate surface area is 235 Å². The van der Waals surface area contributed by atoms with Gasteiger partial charge in [-0.05, 0) is 66.4 Å². The normalized spacial score (nSPS) is 13.8. The number of carboxylic acid groups (broad SMARTS) is 1. The number of nitrogens with two attached hydrogens (primary N) is 1. The summed E-state index contributed by atoms with van der Waals surface area (Å²) in [6.45, 7) is 10.6. The molecule has 224 valence electrons. The summed E-state index contributed by atoms with van der Waals surface area (Å²) in [5, 5.41) is 17.3. The Balaban J connectivity index is 2.79. The van der Waals surface area contributed by atoms with Gasteiger partial charge in [-0.2, -0.15) is 0 Å². The molecule has 6 N–H and O–H groups in total. The third-order valence-electron chi connectivity index (χ3n) is 5.26. The fourth-order valence-electron chi connectivity index (χ4n) is 3.50. The van der Waals surface area contributed by atoms with E-state index in [1.165, 1.54) is 0 Å². The molecule has 0 saturated heterocycles. The van der Waals surface area contributed by atoms with E-state index in [-0.39, 0.29) is 19.4 Å². The number of carboxylic acids is 1. The quantitative estimate of drug-likeness (QED) is 0.166. The minimum absolute atomic E-state index is 0.0731. The highest BCUT2D eigenvalue weighted by Gasteiger charge is 2.29. The fraction of sp³-hybridized carbons (Fsp3) is 0.607. The van der Waals surface area contributed by atoms with E-state index in [2.05, 4.69) is 16.0 Å². The zero-order valence-electron chi connectivity index (χ0n) is 24.2. The highest BCUT2D eigenvalue weighted by Crippen LogP contribution is 2.11. The largest absolute Gasteiger partial charge is 0.480 e. The van der Waals surface area contributed by atoms with Crippen molar-refractivity contribution in [1.82, 2.24) is 16.0 Å². The third-order valence-corrected chi connectivity index (χ3v) is 5.26. The van der Waals surface area contributed by atoms with E-state index in [1.807, 2.05) is 0 Å². The Kier molecular flexibility index (Phi) is 13.6. The number of amides is 3. The van der Waals surface area contributed by atoms with E-state index in [4.69, 9.17) is 15.2 Å². The predicted octanol–water partition coefficient (Wildman–Crippen LogP) is 2.04. The summed E-state index contributed by atoms with van der Waals surface area (Å²) in [7, 11) is 0. The Bertz CT molecular complexity index is 1000. The van der Waals surface area contributed by atoms with Crippen molar-refractivity contribution >= 4 is 29.8 Å². The van der Waals surface area contributed by atoms with Crippen LogP contribution in [0.2, 0.25) is 0 Å². The third kappa shape index (κ3) is 15.1. The highest BCUT2D eigenvalue weighted by molar-refractivity contribution is 5.93. The predicted molar refractivity (Wildman–Crippen MR) is 148 cm³/mol. The van der Waals surface area contributed by atoms with Crippen LogP contribution in [0, 0.1) is 0 Å². The molecule has 0 aliphatic heterocycles.